The fraction of sp³-hybridized carbons (Fsp3) is 0. The molecule has 3 aromatic rings. The van der Waals surface area contributed by atoms with Crippen molar-refractivity contribution >= 4 is 33.8 Å². The summed E-state index contributed by atoms with van der Waals surface area (Å²) >= 11 is 5.16. The van der Waals surface area contributed by atoms with Crippen LogP contribution < -0.4 is 26.9 Å². The minimum absolute atomic E-state index is 0.110. The van der Waals surface area contributed by atoms with Crippen molar-refractivity contribution in [3.63, 3.8) is 0 Å². The highest BCUT2D eigenvalue weighted by atomic mass is 32.1. The van der Waals surface area contributed by atoms with Crippen molar-refractivity contribution in [3.05, 3.63) is 75.5 Å². The molecular formula is C16H12N4O2S. The molecule has 0 aliphatic carbocycles. The van der Waals surface area contributed by atoms with Gasteiger partial charge in [-0.1, -0.05) is 47.6 Å². The summed E-state index contributed by atoms with van der Waals surface area (Å²) < 4.78 is 0. The SMILES string of the molecule is O=c1c(=NO)c(=NNC(=S)Nc2ccccc2)c2ccccc12. The average Bonchev–Trinajstić information content (AvgIpc) is 2.86. The van der Waals surface area contributed by atoms with Gasteiger partial charge >= 0.3 is 0 Å². The predicted octanol–water partition coefficient (Wildman–Crippen LogP) is 1.17. The van der Waals surface area contributed by atoms with E-state index in [1.807, 2.05) is 30.3 Å². The number of fused-ring (bicyclic) bond motifs is 1. The number of hydrogen-bond acceptors (Lipinski definition) is 5. The standard InChI is InChI=1S/C16H12N4O2S/c21-15-12-9-5-4-8-11(12)13(14(15)20-22)18-19-16(23)17-10-6-2-1-3-7-10/h1-9,22H,(H2,17,19,23). The lowest BCUT2D eigenvalue weighted by Crippen LogP contribution is -2.36. The Hall–Kier alpha value is -3.06. The Morgan fingerprint density at radius 1 is 0.957 bits per heavy atom. The number of benzene rings is 2. The van der Waals surface area contributed by atoms with E-state index < -0.39 is 0 Å². The highest BCUT2D eigenvalue weighted by Crippen LogP contribution is 2.04. The molecule has 0 spiro atoms. The van der Waals surface area contributed by atoms with E-state index in [2.05, 4.69) is 21.0 Å². The smallest absolute Gasteiger partial charge is 0.217 e. The Balaban J connectivity index is 1.96. The van der Waals surface area contributed by atoms with Crippen molar-refractivity contribution in [2.75, 3.05) is 5.32 Å². The van der Waals surface area contributed by atoms with E-state index in [1.54, 1.807) is 24.3 Å². The van der Waals surface area contributed by atoms with Gasteiger partial charge in [0.25, 0.3) is 0 Å². The average molecular weight is 324 g/mol. The van der Waals surface area contributed by atoms with Crippen molar-refractivity contribution in [1.29, 1.82) is 0 Å². The Morgan fingerprint density at radius 3 is 2.30 bits per heavy atom. The molecule has 0 bridgehead atoms. The topological polar surface area (TPSA) is 86.1 Å². The van der Waals surface area contributed by atoms with Crippen LogP contribution in [0, 0.1) is 0 Å². The summed E-state index contributed by atoms with van der Waals surface area (Å²) in [5.41, 5.74) is 3.10. The van der Waals surface area contributed by atoms with E-state index in [1.165, 1.54) is 0 Å². The Bertz CT molecular complexity index is 1020. The van der Waals surface area contributed by atoms with Crippen LogP contribution in [-0.2, 0) is 0 Å². The number of hydrogen-bond donors (Lipinski definition) is 3. The second-order valence-electron chi connectivity index (χ2n) is 4.72. The quantitative estimate of drug-likeness (QED) is 0.374. The Labute approximate surface area is 136 Å². The van der Waals surface area contributed by atoms with Crippen LogP contribution in [0.4, 0.5) is 5.69 Å². The predicted molar refractivity (Wildman–Crippen MR) is 91.3 cm³/mol. The molecule has 0 fully saturated rings. The van der Waals surface area contributed by atoms with Crippen molar-refractivity contribution in [2.45, 2.75) is 0 Å². The van der Waals surface area contributed by atoms with Gasteiger partial charge in [0.1, 0.15) is 5.36 Å². The molecule has 0 saturated carbocycles. The van der Waals surface area contributed by atoms with Gasteiger partial charge < -0.3 is 10.5 Å². The number of nitrogens with zero attached hydrogens (tertiary/aromatic N) is 2. The molecule has 0 unspecified atom stereocenters. The van der Waals surface area contributed by atoms with Gasteiger partial charge in [-0.2, -0.15) is 5.10 Å². The second kappa shape index (κ2) is 6.37. The molecule has 3 N–H and O–H groups in total. The molecule has 3 rings (SSSR count). The largest absolute Gasteiger partial charge is 0.410 e. The molecule has 7 heteroatoms. The minimum Gasteiger partial charge on any atom is -0.410 e. The molecule has 0 aromatic heterocycles. The molecule has 0 saturated heterocycles. The van der Waals surface area contributed by atoms with Gasteiger partial charge in [-0.3, -0.25) is 10.2 Å². The molecule has 0 radical (unpaired) electrons. The highest BCUT2D eigenvalue weighted by Gasteiger charge is 2.09. The first-order valence-electron chi connectivity index (χ1n) is 6.77. The van der Waals surface area contributed by atoms with Gasteiger partial charge in [-0.05, 0) is 24.4 Å². The molecule has 0 atom stereocenters. The van der Waals surface area contributed by atoms with Gasteiger partial charge in [0.2, 0.25) is 5.43 Å². The third kappa shape index (κ3) is 2.95. The van der Waals surface area contributed by atoms with Crippen LogP contribution in [0.2, 0.25) is 0 Å². The van der Waals surface area contributed by atoms with E-state index in [9.17, 15) is 4.79 Å². The maximum Gasteiger partial charge on any atom is 0.217 e. The molecule has 0 heterocycles. The lowest BCUT2D eigenvalue weighted by Gasteiger charge is -2.05. The minimum atomic E-state index is -0.370. The first kappa shape index (κ1) is 14.9. The van der Waals surface area contributed by atoms with E-state index in [-0.39, 0.29) is 21.3 Å². The molecule has 0 aliphatic heterocycles. The maximum atomic E-state index is 12.1. The molecule has 0 amide bonds. The van der Waals surface area contributed by atoms with Gasteiger partial charge in [-0.15, -0.1) is 0 Å². The first-order chi connectivity index (χ1) is 11.2. The summed E-state index contributed by atoms with van der Waals surface area (Å²) in [7, 11) is 0. The Morgan fingerprint density at radius 2 is 1.61 bits per heavy atom. The van der Waals surface area contributed by atoms with Gasteiger partial charge in [0.15, 0.2) is 10.5 Å². The fourth-order valence-corrected chi connectivity index (χ4v) is 2.41. The van der Waals surface area contributed by atoms with Crippen LogP contribution in [0.3, 0.4) is 0 Å². The number of para-hydroxylation sites is 1. The first-order valence-corrected chi connectivity index (χ1v) is 7.18. The Kier molecular flexibility index (Phi) is 4.11. The van der Waals surface area contributed by atoms with E-state index in [4.69, 9.17) is 17.4 Å². The van der Waals surface area contributed by atoms with Crippen molar-refractivity contribution in [3.8, 4) is 0 Å². The van der Waals surface area contributed by atoms with E-state index in [0.717, 1.165) is 5.69 Å². The molecule has 6 nitrogen and oxygen atoms in total. The zero-order valence-corrected chi connectivity index (χ0v) is 12.7. The van der Waals surface area contributed by atoms with E-state index >= 15 is 0 Å². The fourth-order valence-electron chi connectivity index (χ4n) is 2.24. The van der Waals surface area contributed by atoms with Gasteiger partial charge in [-0.25, -0.2) is 0 Å². The summed E-state index contributed by atoms with van der Waals surface area (Å²) in [5, 5.41) is 20.7. The van der Waals surface area contributed by atoms with Crippen molar-refractivity contribution in [2.24, 2.45) is 10.3 Å². The van der Waals surface area contributed by atoms with Gasteiger partial charge in [0, 0.05) is 16.5 Å². The lowest BCUT2D eigenvalue weighted by atomic mass is 10.2. The number of rotatable bonds is 2. The van der Waals surface area contributed by atoms with Crippen LogP contribution >= 0.6 is 12.2 Å². The van der Waals surface area contributed by atoms with Crippen molar-refractivity contribution < 1.29 is 5.21 Å². The summed E-state index contributed by atoms with van der Waals surface area (Å²) in [6, 6.07) is 16.3. The molecule has 23 heavy (non-hydrogen) atoms. The van der Waals surface area contributed by atoms with Crippen LogP contribution in [0.1, 0.15) is 0 Å². The molecule has 3 aromatic carbocycles. The number of anilines is 1. The number of nitrogens with one attached hydrogen (secondary N) is 2. The monoisotopic (exact) mass is 324 g/mol. The summed E-state index contributed by atoms with van der Waals surface area (Å²) in [6.07, 6.45) is 0. The zero-order chi connectivity index (χ0) is 16.2. The van der Waals surface area contributed by atoms with Gasteiger partial charge in [0.05, 0.1) is 0 Å². The number of thiocarbonyl (C=S) groups is 1. The second-order valence-corrected chi connectivity index (χ2v) is 5.12. The van der Waals surface area contributed by atoms with Crippen LogP contribution in [-0.4, -0.2) is 10.3 Å². The van der Waals surface area contributed by atoms with Crippen LogP contribution in [0.15, 0.2) is 69.6 Å². The maximum absolute atomic E-state index is 12.1. The van der Waals surface area contributed by atoms with Crippen LogP contribution in [0.25, 0.3) is 10.8 Å². The third-order valence-corrected chi connectivity index (χ3v) is 3.46. The lowest BCUT2D eigenvalue weighted by molar-refractivity contribution is 0.300. The van der Waals surface area contributed by atoms with Crippen LogP contribution in [0.5, 0.6) is 0 Å². The summed E-state index contributed by atoms with van der Waals surface area (Å²) in [5.74, 6) is 0. The van der Waals surface area contributed by atoms with E-state index in [0.29, 0.717) is 10.8 Å². The summed E-state index contributed by atoms with van der Waals surface area (Å²) in [6.45, 7) is 0. The summed E-state index contributed by atoms with van der Waals surface area (Å²) in [4.78, 5) is 12.1. The molecule has 114 valence electrons. The zero-order valence-electron chi connectivity index (χ0n) is 11.9. The van der Waals surface area contributed by atoms with Crippen molar-refractivity contribution in [1.82, 2.24) is 5.43 Å². The highest BCUT2D eigenvalue weighted by molar-refractivity contribution is 7.80. The molecule has 0 aliphatic rings. The normalized spacial score (nSPS) is 12.5. The molecular weight excluding hydrogens is 312 g/mol. The third-order valence-electron chi connectivity index (χ3n) is 3.27.